The summed E-state index contributed by atoms with van der Waals surface area (Å²) in [4.78, 5) is 13.8. The highest BCUT2D eigenvalue weighted by Crippen LogP contribution is 2.16. The van der Waals surface area contributed by atoms with Crippen molar-refractivity contribution in [2.75, 3.05) is 20.1 Å². The first kappa shape index (κ1) is 11.5. The van der Waals surface area contributed by atoms with E-state index in [2.05, 4.69) is 19.2 Å². The maximum atomic E-state index is 11.9. The third-order valence-electron chi connectivity index (χ3n) is 3.02. The largest absolute Gasteiger partial charge is 0.344 e. The van der Waals surface area contributed by atoms with Gasteiger partial charge in [-0.3, -0.25) is 4.79 Å². The lowest BCUT2D eigenvalue weighted by atomic mass is 10.0. The van der Waals surface area contributed by atoms with Crippen LogP contribution in [0.15, 0.2) is 0 Å². The van der Waals surface area contributed by atoms with E-state index in [1.54, 1.807) is 0 Å². The van der Waals surface area contributed by atoms with Crippen molar-refractivity contribution >= 4 is 5.91 Å². The highest BCUT2D eigenvalue weighted by Gasteiger charge is 2.30. The van der Waals surface area contributed by atoms with E-state index in [1.165, 1.54) is 0 Å². The van der Waals surface area contributed by atoms with Gasteiger partial charge in [0.2, 0.25) is 5.91 Å². The summed E-state index contributed by atoms with van der Waals surface area (Å²) in [7, 11) is 1.91. The Morgan fingerprint density at radius 3 is 2.79 bits per heavy atom. The first-order chi connectivity index (χ1) is 6.66. The van der Waals surface area contributed by atoms with Gasteiger partial charge in [-0.1, -0.05) is 20.3 Å². The second-order valence-corrected chi connectivity index (χ2v) is 4.31. The number of rotatable bonds is 4. The van der Waals surface area contributed by atoms with Crippen molar-refractivity contribution in [3.05, 3.63) is 0 Å². The summed E-state index contributed by atoms with van der Waals surface area (Å²) in [5.41, 5.74) is 0. The van der Waals surface area contributed by atoms with Crippen molar-refractivity contribution in [1.82, 2.24) is 10.2 Å². The molecular weight excluding hydrogens is 176 g/mol. The van der Waals surface area contributed by atoms with Gasteiger partial charge < -0.3 is 10.2 Å². The van der Waals surface area contributed by atoms with E-state index in [-0.39, 0.29) is 11.9 Å². The molecule has 1 fully saturated rings. The molecule has 0 saturated carbocycles. The minimum absolute atomic E-state index is 0.0665. The van der Waals surface area contributed by atoms with E-state index in [0.29, 0.717) is 5.92 Å². The van der Waals surface area contributed by atoms with Crippen molar-refractivity contribution in [3.8, 4) is 0 Å². The van der Waals surface area contributed by atoms with E-state index in [0.717, 1.165) is 32.4 Å². The van der Waals surface area contributed by atoms with Crippen LogP contribution in [0.3, 0.4) is 0 Å². The van der Waals surface area contributed by atoms with Crippen LogP contribution in [0.4, 0.5) is 0 Å². The fraction of sp³-hybridized carbons (Fsp3) is 0.909. The number of amides is 1. The summed E-state index contributed by atoms with van der Waals surface area (Å²) in [6.45, 7) is 6.17. The predicted molar refractivity (Wildman–Crippen MR) is 58.1 cm³/mol. The molecule has 1 heterocycles. The molecule has 2 atom stereocenters. The van der Waals surface area contributed by atoms with Crippen molar-refractivity contribution in [3.63, 3.8) is 0 Å². The summed E-state index contributed by atoms with van der Waals surface area (Å²) in [5.74, 6) is 0.759. The zero-order valence-electron chi connectivity index (χ0n) is 9.55. The van der Waals surface area contributed by atoms with Crippen LogP contribution in [0.2, 0.25) is 0 Å². The Bertz CT molecular complexity index is 194. The Hall–Kier alpha value is -0.570. The lowest BCUT2D eigenvalue weighted by Gasteiger charge is -2.23. The van der Waals surface area contributed by atoms with E-state index in [4.69, 9.17) is 0 Å². The van der Waals surface area contributed by atoms with Crippen LogP contribution in [-0.2, 0) is 4.79 Å². The topological polar surface area (TPSA) is 32.3 Å². The molecule has 0 aliphatic carbocycles. The number of hydrogen-bond donors (Lipinski definition) is 1. The summed E-state index contributed by atoms with van der Waals surface area (Å²) >= 11 is 0. The Morgan fingerprint density at radius 1 is 1.57 bits per heavy atom. The molecule has 1 aliphatic rings. The third kappa shape index (κ3) is 2.71. The number of unbranched alkanes of at least 4 members (excludes halogenated alkanes) is 1. The molecule has 1 N–H and O–H groups in total. The molecular formula is C11H22N2O. The molecule has 0 bridgehead atoms. The molecule has 0 aromatic heterocycles. The molecule has 1 saturated heterocycles. The van der Waals surface area contributed by atoms with Gasteiger partial charge in [-0.05, 0) is 25.3 Å². The van der Waals surface area contributed by atoms with Gasteiger partial charge >= 0.3 is 0 Å². The molecule has 0 aromatic rings. The normalized spacial score (nSPS) is 26.5. The molecule has 0 aromatic carbocycles. The van der Waals surface area contributed by atoms with E-state index in [1.807, 2.05) is 11.9 Å². The second-order valence-electron chi connectivity index (χ2n) is 4.31. The summed E-state index contributed by atoms with van der Waals surface area (Å²) in [6, 6.07) is 0.0665. The maximum Gasteiger partial charge on any atom is 0.239 e. The third-order valence-corrected chi connectivity index (χ3v) is 3.02. The lowest BCUT2D eigenvalue weighted by molar-refractivity contribution is -0.132. The number of likely N-dealkylation sites (N-methyl/N-ethyl adjacent to an activating group) is 1. The second kappa shape index (κ2) is 5.35. The van der Waals surface area contributed by atoms with Crippen LogP contribution < -0.4 is 5.32 Å². The molecule has 82 valence electrons. The maximum absolute atomic E-state index is 11.9. The SMILES string of the molecule is CCCCN(C)C(=O)C1NCCC1C. The van der Waals surface area contributed by atoms with Crippen molar-refractivity contribution < 1.29 is 4.79 Å². The molecule has 14 heavy (non-hydrogen) atoms. The van der Waals surface area contributed by atoms with Gasteiger partial charge in [0.1, 0.15) is 0 Å². The number of carbonyl (C=O) groups excluding carboxylic acids is 1. The van der Waals surface area contributed by atoms with Crippen LogP contribution in [0, 0.1) is 5.92 Å². The van der Waals surface area contributed by atoms with Crippen LogP contribution in [0.25, 0.3) is 0 Å². The van der Waals surface area contributed by atoms with E-state index >= 15 is 0 Å². The molecule has 1 rings (SSSR count). The van der Waals surface area contributed by atoms with Crippen LogP contribution >= 0.6 is 0 Å². The minimum Gasteiger partial charge on any atom is -0.344 e. The molecule has 3 heteroatoms. The van der Waals surface area contributed by atoms with Crippen molar-refractivity contribution in [2.24, 2.45) is 5.92 Å². The number of carbonyl (C=O) groups is 1. The number of nitrogens with one attached hydrogen (secondary N) is 1. The Balaban J connectivity index is 2.39. The average molecular weight is 198 g/mol. The van der Waals surface area contributed by atoms with Crippen LogP contribution in [0.1, 0.15) is 33.1 Å². The van der Waals surface area contributed by atoms with E-state index in [9.17, 15) is 4.79 Å². The molecule has 1 aliphatic heterocycles. The molecule has 2 unspecified atom stereocenters. The van der Waals surface area contributed by atoms with Gasteiger partial charge in [0.05, 0.1) is 6.04 Å². The summed E-state index contributed by atoms with van der Waals surface area (Å²) < 4.78 is 0. The first-order valence-electron chi connectivity index (χ1n) is 5.65. The summed E-state index contributed by atoms with van der Waals surface area (Å²) in [5, 5.41) is 3.27. The van der Waals surface area contributed by atoms with Crippen LogP contribution in [-0.4, -0.2) is 37.0 Å². The molecule has 0 spiro atoms. The molecule has 3 nitrogen and oxygen atoms in total. The fourth-order valence-electron chi connectivity index (χ4n) is 1.91. The molecule has 0 radical (unpaired) electrons. The number of hydrogen-bond acceptors (Lipinski definition) is 2. The van der Waals surface area contributed by atoms with Gasteiger partial charge in [0, 0.05) is 13.6 Å². The quantitative estimate of drug-likeness (QED) is 0.737. The zero-order valence-corrected chi connectivity index (χ0v) is 9.55. The van der Waals surface area contributed by atoms with E-state index < -0.39 is 0 Å². The van der Waals surface area contributed by atoms with Gasteiger partial charge in [-0.15, -0.1) is 0 Å². The Kier molecular flexibility index (Phi) is 4.39. The zero-order chi connectivity index (χ0) is 10.6. The number of nitrogens with zero attached hydrogens (tertiary/aromatic N) is 1. The minimum atomic E-state index is 0.0665. The average Bonchev–Trinajstić information content (AvgIpc) is 2.59. The lowest BCUT2D eigenvalue weighted by Crippen LogP contribution is -2.44. The highest BCUT2D eigenvalue weighted by atomic mass is 16.2. The first-order valence-corrected chi connectivity index (χ1v) is 5.65. The Morgan fingerprint density at radius 2 is 2.29 bits per heavy atom. The highest BCUT2D eigenvalue weighted by molar-refractivity contribution is 5.82. The standard InChI is InChI=1S/C11H22N2O/c1-4-5-8-13(3)11(14)10-9(2)6-7-12-10/h9-10,12H,4-8H2,1-3H3. The smallest absolute Gasteiger partial charge is 0.239 e. The van der Waals surface area contributed by atoms with Gasteiger partial charge in [0.15, 0.2) is 0 Å². The fourth-order valence-corrected chi connectivity index (χ4v) is 1.91. The van der Waals surface area contributed by atoms with Gasteiger partial charge in [-0.25, -0.2) is 0 Å². The Labute approximate surface area is 86.9 Å². The monoisotopic (exact) mass is 198 g/mol. The van der Waals surface area contributed by atoms with Crippen LogP contribution in [0.5, 0.6) is 0 Å². The summed E-state index contributed by atoms with van der Waals surface area (Å²) in [6.07, 6.45) is 3.37. The van der Waals surface area contributed by atoms with Crippen molar-refractivity contribution in [2.45, 2.75) is 39.2 Å². The van der Waals surface area contributed by atoms with Gasteiger partial charge in [-0.2, -0.15) is 0 Å². The molecule has 1 amide bonds. The predicted octanol–water partition coefficient (Wildman–Crippen LogP) is 1.24. The van der Waals surface area contributed by atoms with Crippen molar-refractivity contribution in [1.29, 1.82) is 0 Å². The van der Waals surface area contributed by atoms with Gasteiger partial charge in [0.25, 0.3) is 0 Å².